The minimum absolute atomic E-state index is 0.00958. The lowest BCUT2D eigenvalue weighted by Crippen LogP contribution is -2.15. The fraction of sp³-hybridized carbons (Fsp3) is 0.286. The van der Waals surface area contributed by atoms with Crippen LogP contribution < -0.4 is 0 Å². The molecule has 0 spiro atoms. The highest BCUT2D eigenvalue weighted by Gasteiger charge is 2.21. The number of hydrogen-bond acceptors (Lipinski definition) is 1. The molecule has 0 fully saturated rings. The quantitative estimate of drug-likeness (QED) is 0.641. The van der Waals surface area contributed by atoms with Gasteiger partial charge >= 0.3 is 6.98 Å². The van der Waals surface area contributed by atoms with Gasteiger partial charge in [-0.1, -0.05) is 12.4 Å². The molecule has 1 rings (SSSR count). The molecule has 1 heterocycles. The van der Waals surface area contributed by atoms with E-state index in [0.29, 0.717) is 5.69 Å². The monoisotopic (exact) mass is 174 g/mol. The summed E-state index contributed by atoms with van der Waals surface area (Å²) >= 11 is 0. The van der Waals surface area contributed by atoms with E-state index in [0.717, 1.165) is 0 Å². The van der Waals surface area contributed by atoms with E-state index in [9.17, 15) is 12.9 Å². The summed E-state index contributed by atoms with van der Waals surface area (Å²) in [5, 5.41) is 0. The summed E-state index contributed by atoms with van der Waals surface area (Å²) in [6, 6.07) is 4.97. The van der Waals surface area contributed by atoms with Crippen molar-refractivity contribution in [2.24, 2.45) is 0 Å². The van der Waals surface area contributed by atoms with Crippen LogP contribution in [0.25, 0.3) is 0 Å². The van der Waals surface area contributed by atoms with Gasteiger partial charge in [0.2, 0.25) is 0 Å². The highest BCUT2D eigenvalue weighted by molar-refractivity contribution is 6.58. The van der Waals surface area contributed by atoms with Crippen LogP contribution in [-0.2, 0) is 6.42 Å². The minimum atomic E-state index is -4.67. The van der Waals surface area contributed by atoms with Crippen LogP contribution in [0, 0.1) is 0 Å². The summed E-state index contributed by atoms with van der Waals surface area (Å²) in [6.07, 6.45) is 0.750. The van der Waals surface area contributed by atoms with Crippen molar-refractivity contribution in [3.8, 4) is 0 Å². The van der Waals surface area contributed by atoms with E-state index in [-0.39, 0.29) is 6.42 Å². The molecule has 66 valence electrons. The van der Waals surface area contributed by atoms with Gasteiger partial charge in [-0.15, -0.1) is 0 Å². The summed E-state index contributed by atoms with van der Waals surface area (Å²) in [5.74, 6) is 0. The second-order valence-corrected chi connectivity index (χ2v) is 2.57. The van der Waals surface area contributed by atoms with Crippen molar-refractivity contribution in [1.82, 2.24) is 4.98 Å². The van der Waals surface area contributed by atoms with Gasteiger partial charge in [0.1, 0.15) is 0 Å². The lowest BCUT2D eigenvalue weighted by molar-refractivity contribution is 0.467. The van der Waals surface area contributed by atoms with E-state index < -0.39 is 13.3 Å². The average molecular weight is 174 g/mol. The SMILES string of the molecule is F[B-](F)(F)CCc1ccccn1. The minimum Gasteiger partial charge on any atom is -0.449 e. The Morgan fingerprint density at radius 2 is 2.00 bits per heavy atom. The van der Waals surface area contributed by atoms with Crippen molar-refractivity contribution >= 4 is 6.98 Å². The van der Waals surface area contributed by atoms with E-state index in [1.165, 1.54) is 6.20 Å². The number of rotatable bonds is 3. The van der Waals surface area contributed by atoms with Crippen molar-refractivity contribution in [2.45, 2.75) is 12.7 Å². The highest BCUT2D eigenvalue weighted by atomic mass is 19.4. The van der Waals surface area contributed by atoms with Gasteiger partial charge in [-0.25, -0.2) is 0 Å². The molecule has 0 aromatic carbocycles. The lowest BCUT2D eigenvalue weighted by atomic mass is 9.83. The van der Waals surface area contributed by atoms with Crippen molar-refractivity contribution in [3.63, 3.8) is 0 Å². The highest BCUT2D eigenvalue weighted by Crippen LogP contribution is 2.16. The summed E-state index contributed by atoms with van der Waals surface area (Å²) in [4.78, 5) is 3.79. The van der Waals surface area contributed by atoms with Crippen LogP contribution in [-0.4, -0.2) is 12.0 Å². The van der Waals surface area contributed by atoms with Gasteiger partial charge < -0.3 is 12.9 Å². The molecule has 0 radical (unpaired) electrons. The molecule has 0 N–H and O–H groups in total. The maximum atomic E-state index is 11.8. The van der Waals surface area contributed by atoms with Crippen LogP contribution in [0.5, 0.6) is 0 Å². The smallest absolute Gasteiger partial charge is 0.449 e. The van der Waals surface area contributed by atoms with Gasteiger partial charge in [-0.3, -0.25) is 4.98 Å². The van der Waals surface area contributed by atoms with Crippen LogP contribution in [0.3, 0.4) is 0 Å². The molecule has 1 aromatic heterocycles. The van der Waals surface area contributed by atoms with Gasteiger partial charge in [0.05, 0.1) is 0 Å². The molecule has 0 amide bonds. The molecule has 5 heteroatoms. The van der Waals surface area contributed by atoms with Gasteiger partial charge in [0, 0.05) is 11.9 Å². The third kappa shape index (κ3) is 3.41. The number of aryl methyl sites for hydroxylation is 1. The largest absolute Gasteiger partial charge is 0.478 e. The summed E-state index contributed by atoms with van der Waals surface area (Å²) < 4.78 is 35.3. The zero-order valence-corrected chi connectivity index (χ0v) is 6.38. The fourth-order valence-corrected chi connectivity index (χ4v) is 0.858. The molecule has 1 nitrogen and oxygen atoms in total. The Kier molecular flexibility index (Phi) is 2.73. The maximum Gasteiger partial charge on any atom is 0.478 e. The number of halogens is 3. The molecule has 0 aliphatic carbocycles. The Morgan fingerprint density at radius 1 is 1.25 bits per heavy atom. The first kappa shape index (κ1) is 9.10. The summed E-state index contributed by atoms with van der Waals surface area (Å²) in [6.45, 7) is -4.67. The topological polar surface area (TPSA) is 12.9 Å². The van der Waals surface area contributed by atoms with Gasteiger partial charge in [-0.05, 0) is 18.6 Å². The van der Waals surface area contributed by atoms with Gasteiger partial charge in [-0.2, -0.15) is 0 Å². The van der Waals surface area contributed by atoms with E-state index in [2.05, 4.69) is 4.98 Å². The Balaban J connectivity index is 2.44. The first-order chi connectivity index (χ1) is 5.58. The van der Waals surface area contributed by atoms with Crippen LogP contribution in [0.15, 0.2) is 24.4 Å². The molecule has 0 aliphatic heterocycles. The number of hydrogen-bond donors (Lipinski definition) is 0. The van der Waals surface area contributed by atoms with E-state index in [1.54, 1.807) is 18.2 Å². The Hall–Kier alpha value is -0.995. The second-order valence-electron chi connectivity index (χ2n) is 2.57. The molecule has 0 saturated heterocycles. The van der Waals surface area contributed by atoms with Crippen molar-refractivity contribution in [1.29, 1.82) is 0 Å². The molecule has 0 unspecified atom stereocenters. The van der Waals surface area contributed by atoms with Crippen LogP contribution in [0.4, 0.5) is 12.9 Å². The van der Waals surface area contributed by atoms with Crippen LogP contribution >= 0.6 is 0 Å². The summed E-state index contributed by atoms with van der Waals surface area (Å²) in [7, 11) is 0. The standard InChI is InChI=1S/C7H8BF3N/c9-8(10,11)5-4-7-3-1-2-6-12-7/h1-3,6H,4-5H2/q-1. The van der Waals surface area contributed by atoms with Crippen molar-refractivity contribution in [3.05, 3.63) is 30.1 Å². The Morgan fingerprint density at radius 3 is 2.50 bits per heavy atom. The zero-order chi connectivity index (χ0) is 9.03. The second kappa shape index (κ2) is 3.60. The van der Waals surface area contributed by atoms with Crippen LogP contribution in [0.2, 0.25) is 6.32 Å². The number of pyridine rings is 1. The van der Waals surface area contributed by atoms with E-state index in [1.807, 2.05) is 0 Å². The average Bonchev–Trinajstić information content (AvgIpc) is 2.02. The van der Waals surface area contributed by atoms with Gasteiger partial charge in [0.15, 0.2) is 0 Å². The number of nitrogens with zero attached hydrogens (tertiary/aromatic N) is 1. The summed E-state index contributed by atoms with van der Waals surface area (Å²) in [5.41, 5.74) is 0.497. The van der Waals surface area contributed by atoms with Gasteiger partial charge in [0.25, 0.3) is 0 Å². The molecular weight excluding hydrogens is 166 g/mol. The first-order valence-corrected chi connectivity index (χ1v) is 3.69. The molecule has 1 aromatic rings. The zero-order valence-electron chi connectivity index (χ0n) is 6.38. The van der Waals surface area contributed by atoms with E-state index in [4.69, 9.17) is 0 Å². The first-order valence-electron chi connectivity index (χ1n) is 3.69. The van der Waals surface area contributed by atoms with Crippen molar-refractivity contribution < 1.29 is 12.9 Å². The molecule has 12 heavy (non-hydrogen) atoms. The van der Waals surface area contributed by atoms with Crippen LogP contribution in [0.1, 0.15) is 5.69 Å². The fourth-order valence-electron chi connectivity index (χ4n) is 0.858. The molecule has 0 atom stereocenters. The maximum absolute atomic E-state index is 11.8. The number of aromatic nitrogens is 1. The Bertz CT molecular complexity index is 234. The molecule has 0 bridgehead atoms. The third-order valence-corrected chi connectivity index (χ3v) is 1.45. The predicted molar refractivity (Wildman–Crippen MR) is 41.8 cm³/mol. The van der Waals surface area contributed by atoms with E-state index >= 15 is 0 Å². The third-order valence-electron chi connectivity index (χ3n) is 1.45. The molecule has 0 aliphatic rings. The predicted octanol–water partition coefficient (Wildman–Crippen LogP) is 2.47. The Labute approximate surface area is 68.7 Å². The molecule has 0 saturated carbocycles. The normalized spacial score (nSPS) is 11.6. The van der Waals surface area contributed by atoms with Crippen molar-refractivity contribution in [2.75, 3.05) is 0 Å². The molecular formula is C7H8BF3N-. The lowest BCUT2D eigenvalue weighted by Gasteiger charge is -2.11.